The van der Waals surface area contributed by atoms with E-state index in [0.717, 1.165) is 11.6 Å². The number of hydrogen-bond acceptors (Lipinski definition) is 6. The molecule has 0 unspecified atom stereocenters. The first kappa shape index (κ1) is 23.4. The molecule has 1 heterocycles. The molecule has 10 heteroatoms. The van der Waals surface area contributed by atoms with E-state index in [4.69, 9.17) is 21.1 Å². The second-order valence-corrected chi connectivity index (χ2v) is 7.54. The molecular formula is C24H19ClF3N3O3. The topological polar surface area (TPSA) is 65.5 Å². The number of benzene rings is 3. The van der Waals surface area contributed by atoms with Gasteiger partial charge in [-0.1, -0.05) is 17.7 Å². The number of halogens is 4. The van der Waals surface area contributed by atoms with E-state index in [0.29, 0.717) is 34.6 Å². The van der Waals surface area contributed by atoms with Crippen molar-refractivity contribution in [3.63, 3.8) is 0 Å². The lowest BCUT2D eigenvalue weighted by Gasteiger charge is -2.15. The first-order valence-corrected chi connectivity index (χ1v) is 10.4. The maximum absolute atomic E-state index is 14.8. The lowest BCUT2D eigenvalue weighted by atomic mass is 10.0. The van der Waals surface area contributed by atoms with Crippen molar-refractivity contribution >= 4 is 28.2 Å². The van der Waals surface area contributed by atoms with Crippen LogP contribution in [0.4, 0.5) is 18.9 Å². The number of hydrogen-bond donors (Lipinski definition) is 1. The molecular weight excluding hydrogens is 471 g/mol. The zero-order valence-corrected chi connectivity index (χ0v) is 18.9. The Labute approximate surface area is 198 Å². The van der Waals surface area contributed by atoms with Crippen LogP contribution in [0.15, 0.2) is 54.7 Å². The van der Waals surface area contributed by atoms with Gasteiger partial charge in [-0.3, -0.25) is 0 Å². The van der Waals surface area contributed by atoms with E-state index < -0.39 is 12.4 Å². The second kappa shape index (κ2) is 10.0. The molecule has 0 bridgehead atoms. The van der Waals surface area contributed by atoms with Crippen LogP contribution in [0.3, 0.4) is 0 Å². The summed E-state index contributed by atoms with van der Waals surface area (Å²) in [5.41, 5.74) is 2.07. The zero-order chi connectivity index (χ0) is 24.2. The van der Waals surface area contributed by atoms with E-state index in [1.54, 1.807) is 38.6 Å². The molecule has 34 heavy (non-hydrogen) atoms. The third-order valence-electron chi connectivity index (χ3n) is 5.17. The van der Waals surface area contributed by atoms with Gasteiger partial charge in [0.2, 0.25) is 0 Å². The molecule has 3 aromatic carbocycles. The second-order valence-electron chi connectivity index (χ2n) is 7.13. The predicted octanol–water partition coefficient (Wildman–Crippen LogP) is 6.32. The molecule has 0 saturated carbocycles. The van der Waals surface area contributed by atoms with Crippen LogP contribution in [0, 0.1) is 5.82 Å². The smallest absolute Gasteiger partial charge is 0.387 e. The molecule has 4 aromatic rings. The van der Waals surface area contributed by atoms with E-state index in [9.17, 15) is 13.2 Å². The normalized spacial score (nSPS) is 11.0. The van der Waals surface area contributed by atoms with E-state index in [1.807, 2.05) is 12.1 Å². The maximum atomic E-state index is 14.8. The summed E-state index contributed by atoms with van der Waals surface area (Å²) in [4.78, 5) is 0. The standard InChI is InChI=1S/C24H19ClF3N3O3/c1-32-15-5-3-14(21(10-15)33-2)11-29-19-12-30-31-18-9-13(4-6-16(18)19)22-20(34-24(27)28)8-7-17(25)23(22)26/h3-10,12,24H,11H2,1-2H3,(H,29,31). The minimum Gasteiger partial charge on any atom is -0.497 e. The van der Waals surface area contributed by atoms with Crippen molar-refractivity contribution in [1.29, 1.82) is 0 Å². The van der Waals surface area contributed by atoms with E-state index in [-0.39, 0.29) is 21.9 Å². The Bertz CT molecular complexity index is 1340. The zero-order valence-electron chi connectivity index (χ0n) is 18.1. The molecule has 4 rings (SSSR count). The van der Waals surface area contributed by atoms with Gasteiger partial charge in [-0.15, -0.1) is 0 Å². The molecule has 0 amide bonds. The Morgan fingerprint density at radius 1 is 1.00 bits per heavy atom. The average Bonchev–Trinajstić information content (AvgIpc) is 2.84. The molecule has 0 atom stereocenters. The summed E-state index contributed by atoms with van der Waals surface area (Å²) in [6.07, 6.45) is 1.56. The van der Waals surface area contributed by atoms with Gasteiger partial charge in [0.1, 0.15) is 17.2 Å². The van der Waals surface area contributed by atoms with Crippen LogP contribution in [0.2, 0.25) is 5.02 Å². The van der Waals surface area contributed by atoms with E-state index >= 15 is 0 Å². The average molecular weight is 490 g/mol. The number of alkyl halides is 2. The van der Waals surface area contributed by atoms with Crippen LogP contribution in [0.25, 0.3) is 22.0 Å². The van der Waals surface area contributed by atoms with Crippen molar-refractivity contribution in [2.24, 2.45) is 0 Å². The number of nitrogens with one attached hydrogen (secondary N) is 1. The molecule has 176 valence electrons. The highest BCUT2D eigenvalue weighted by Gasteiger charge is 2.19. The Kier molecular flexibility index (Phi) is 6.93. The summed E-state index contributed by atoms with van der Waals surface area (Å²) >= 11 is 5.88. The number of anilines is 1. The van der Waals surface area contributed by atoms with E-state index in [1.165, 1.54) is 12.1 Å². The fraction of sp³-hybridized carbons (Fsp3) is 0.167. The number of ether oxygens (including phenoxy) is 3. The van der Waals surface area contributed by atoms with Crippen molar-refractivity contribution in [3.8, 4) is 28.4 Å². The molecule has 0 fully saturated rings. The Morgan fingerprint density at radius 2 is 1.82 bits per heavy atom. The van der Waals surface area contributed by atoms with Gasteiger partial charge in [0.05, 0.1) is 42.2 Å². The quantitative estimate of drug-likeness (QED) is 0.312. The third kappa shape index (κ3) is 4.79. The fourth-order valence-electron chi connectivity index (χ4n) is 3.54. The minimum atomic E-state index is -3.12. The molecule has 0 aliphatic heterocycles. The van der Waals surface area contributed by atoms with Gasteiger partial charge in [-0.05, 0) is 42.0 Å². The van der Waals surface area contributed by atoms with Gasteiger partial charge in [0, 0.05) is 23.6 Å². The highest BCUT2D eigenvalue weighted by Crippen LogP contribution is 2.38. The molecule has 0 aliphatic rings. The summed E-state index contributed by atoms with van der Waals surface area (Å²) < 4.78 is 55.6. The summed E-state index contributed by atoms with van der Waals surface area (Å²) in [6, 6.07) is 12.7. The summed E-state index contributed by atoms with van der Waals surface area (Å²) in [6.45, 7) is -2.70. The molecule has 0 radical (unpaired) electrons. The van der Waals surface area contributed by atoms with Crippen LogP contribution in [0.5, 0.6) is 17.2 Å². The van der Waals surface area contributed by atoms with Crippen LogP contribution in [0.1, 0.15) is 5.56 Å². The van der Waals surface area contributed by atoms with Crippen molar-refractivity contribution < 1.29 is 27.4 Å². The Hall–Kier alpha value is -3.72. The van der Waals surface area contributed by atoms with Crippen LogP contribution in [-0.4, -0.2) is 31.0 Å². The number of aromatic nitrogens is 2. The van der Waals surface area contributed by atoms with Gasteiger partial charge < -0.3 is 19.5 Å². The number of methoxy groups -OCH3 is 2. The maximum Gasteiger partial charge on any atom is 0.387 e. The highest BCUT2D eigenvalue weighted by molar-refractivity contribution is 6.31. The first-order valence-electron chi connectivity index (χ1n) is 10.0. The van der Waals surface area contributed by atoms with Crippen LogP contribution >= 0.6 is 11.6 Å². The van der Waals surface area contributed by atoms with Crippen molar-refractivity contribution in [1.82, 2.24) is 10.2 Å². The Morgan fingerprint density at radius 3 is 2.56 bits per heavy atom. The first-order chi connectivity index (χ1) is 16.4. The van der Waals surface area contributed by atoms with Crippen LogP contribution < -0.4 is 19.5 Å². The number of fused-ring (bicyclic) bond motifs is 1. The van der Waals surface area contributed by atoms with Gasteiger partial charge in [-0.25, -0.2) is 4.39 Å². The van der Waals surface area contributed by atoms with Gasteiger partial charge in [-0.2, -0.15) is 19.0 Å². The fourth-order valence-corrected chi connectivity index (χ4v) is 3.70. The molecule has 0 saturated heterocycles. The number of rotatable bonds is 8. The highest BCUT2D eigenvalue weighted by atomic mass is 35.5. The van der Waals surface area contributed by atoms with Crippen molar-refractivity contribution in [2.75, 3.05) is 19.5 Å². The van der Waals surface area contributed by atoms with E-state index in [2.05, 4.69) is 20.3 Å². The van der Waals surface area contributed by atoms with Crippen LogP contribution in [-0.2, 0) is 6.54 Å². The van der Waals surface area contributed by atoms with Gasteiger partial charge >= 0.3 is 6.61 Å². The molecule has 1 N–H and O–H groups in total. The Balaban J connectivity index is 1.68. The van der Waals surface area contributed by atoms with Gasteiger partial charge in [0.25, 0.3) is 0 Å². The van der Waals surface area contributed by atoms with Crippen molar-refractivity contribution in [3.05, 3.63) is 71.1 Å². The monoisotopic (exact) mass is 489 g/mol. The predicted molar refractivity (Wildman–Crippen MR) is 123 cm³/mol. The molecule has 6 nitrogen and oxygen atoms in total. The lowest BCUT2D eigenvalue weighted by Crippen LogP contribution is -2.05. The van der Waals surface area contributed by atoms with Crippen molar-refractivity contribution in [2.45, 2.75) is 13.2 Å². The minimum absolute atomic E-state index is 0.183. The lowest BCUT2D eigenvalue weighted by molar-refractivity contribution is -0.0495. The molecule has 1 aromatic heterocycles. The molecule has 0 spiro atoms. The van der Waals surface area contributed by atoms with Gasteiger partial charge in [0.15, 0.2) is 5.82 Å². The molecule has 0 aliphatic carbocycles. The summed E-state index contributed by atoms with van der Waals surface area (Å²) in [5, 5.41) is 11.9. The summed E-state index contributed by atoms with van der Waals surface area (Å²) in [7, 11) is 3.15. The summed E-state index contributed by atoms with van der Waals surface area (Å²) in [5.74, 6) is 0.133. The largest absolute Gasteiger partial charge is 0.497 e. The SMILES string of the molecule is COc1ccc(CNc2cnnc3cc(-c4c(OC(F)F)ccc(Cl)c4F)ccc23)c(OC)c1. The number of nitrogens with zero attached hydrogens (tertiary/aromatic N) is 2. The third-order valence-corrected chi connectivity index (χ3v) is 5.46.